The maximum absolute atomic E-state index is 3.51. The highest BCUT2D eigenvalue weighted by molar-refractivity contribution is 4.74. The molecule has 2 heteroatoms. The Labute approximate surface area is 95.4 Å². The molecule has 0 bridgehead atoms. The van der Waals surface area contributed by atoms with Crippen LogP contribution in [0.5, 0.6) is 0 Å². The fraction of sp³-hybridized carbons (Fsp3) is 1.00. The lowest BCUT2D eigenvalue weighted by Crippen LogP contribution is -2.41. The summed E-state index contributed by atoms with van der Waals surface area (Å²) in [7, 11) is 0. The van der Waals surface area contributed by atoms with Crippen molar-refractivity contribution in [2.75, 3.05) is 26.2 Å². The molecule has 1 N–H and O–H groups in total. The van der Waals surface area contributed by atoms with Crippen molar-refractivity contribution in [1.29, 1.82) is 0 Å². The molecule has 90 valence electrons. The predicted octanol–water partition coefficient (Wildman–Crippen LogP) is 2.50. The lowest BCUT2D eigenvalue weighted by Gasteiger charge is -2.32. The SMILES string of the molecule is CCCCN(CC1CCCNC1)C(C)C. The van der Waals surface area contributed by atoms with E-state index >= 15 is 0 Å². The van der Waals surface area contributed by atoms with E-state index in [1.54, 1.807) is 0 Å². The highest BCUT2D eigenvalue weighted by Gasteiger charge is 2.18. The summed E-state index contributed by atoms with van der Waals surface area (Å²) in [6.07, 6.45) is 5.44. The first-order chi connectivity index (χ1) is 7.24. The third kappa shape index (κ3) is 4.98. The Bertz CT molecular complexity index is 151. The van der Waals surface area contributed by atoms with Gasteiger partial charge in [0.1, 0.15) is 0 Å². The molecule has 1 saturated heterocycles. The third-order valence-corrected chi connectivity index (χ3v) is 3.42. The molecule has 0 saturated carbocycles. The van der Waals surface area contributed by atoms with Gasteiger partial charge in [-0.05, 0) is 58.7 Å². The van der Waals surface area contributed by atoms with Crippen LogP contribution in [-0.2, 0) is 0 Å². The van der Waals surface area contributed by atoms with Gasteiger partial charge in [-0.15, -0.1) is 0 Å². The van der Waals surface area contributed by atoms with E-state index in [1.165, 1.54) is 51.9 Å². The molecular formula is C13H28N2. The van der Waals surface area contributed by atoms with Gasteiger partial charge in [-0.1, -0.05) is 13.3 Å². The van der Waals surface area contributed by atoms with Crippen LogP contribution >= 0.6 is 0 Å². The minimum absolute atomic E-state index is 0.707. The molecule has 1 unspecified atom stereocenters. The van der Waals surface area contributed by atoms with Crippen LogP contribution in [0.15, 0.2) is 0 Å². The van der Waals surface area contributed by atoms with E-state index in [0.717, 1.165) is 5.92 Å². The minimum Gasteiger partial charge on any atom is -0.316 e. The van der Waals surface area contributed by atoms with E-state index in [2.05, 4.69) is 31.0 Å². The van der Waals surface area contributed by atoms with E-state index < -0.39 is 0 Å². The number of hydrogen-bond donors (Lipinski definition) is 1. The summed E-state index contributed by atoms with van der Waals surface area (Å²) in [4.78, 5) is 2.65. The summed E-state index contributed by atoms with van der Waals surface area (Å²) in [6, 6.07) is 0.707. The van der Waals surface area contributed by atoms with Gasteiger partial charge >= 0.3 is 0 Å². The first-order valence-electron chi connectivity index (χ1n) is 6.68. The Kier molecular flexibility index (Phi) is 6.26. The molecule has 0 aromatic rings. The predicted molar refractivity (Wildman–Crippen MR) is 67.2 cm³/mol. The van der Waals surface area contributed by atoms with Crippen LogP contribution in [0.4, 0.5) is 0 Å². The van der Waals surface area contributed by atoms with Crippen molar-refractivity contribution in [2.45, 2.75) is 52.5 Å². The van der Waals surface area contributed by atoms with Gasteiger partial charge in [0.25, 0.3) is 0 Å². The molecule has 0 radical (unpaired) electrons. The fourth-order valence-corrected chi connectivity index (χ4v) is 2.33. The van der Waals surface area contributed by atoms with E-state index in [1.807, 2.05) is 0 Å². The Balaban J connectivity index is 2.28. The van der Waals surface area contributed by atoms with Crippen molar-refractivity contribution in [3.63, 3.8) is 0 Å². The molecule has 1 fully saturated rings. The summed E-state index contributed by atoms with van der Waals surface area (Å²) in [6.45, 7) is 12.0. The smallest absolute Gasteiger partial charge is 0.00387 e. The van der Waals surface area contributed by atoms with Crippen molar-refractivity contribution in [3.05, 3.63) is 0 Å². The van der Waals surface area contributed by atoms with Crippen molar-refractivity contribution in [2.24, 2.45) is 5.92 Å². The van der Waals surface area contributed by atoms with Crippen LogP contribution in [0.25, 0.3) is 0 Å². The van der Waals surface area contributed by atoms with Gasteiger partial charge in [-0.2, -0.15) is 0 Å². The van der Waals surface area contributed by atoms with Crippen LogP contribution in [0, 0.1) is 5.92 Å². The summed E-state index contributed by atoms with van der Waals surface area (Å²) in [5, 5.41) is 3.51. The average Bonchev–Trinajstić information content (AvgIpc) is 2.25. The number of piperidine rings is 1. The Morgan fingerprint density at radius 2 is 2.20 bits per heavy atom. The average molecular weight is 212 g/mol. The van der Waals surface area contributed by atoms with Gasteiger partial charge in [-0.25, -0.2) is 0 Å². The molecule has 0 aromatic heterocycles. The molecule has 0 spiro atoms. The molecule has 1 atom stereocenters. The number of unbranched alkanes of at least 4 members (excludes halogenated alkanes) is 1. The van der Waals surface area contributed by atoms with E-state index in [0.29, 0.717) is 6.04 Å². The zero-order valence-electron chi connectivity index (χ0n) is 10.8. The molecule has 1 aliphatic heterocycles. The second-order valence-electron chi connectivity index (χ2n) is 5.15. The van der Waals surface area contributed by atoms with Crippen molar-refractivity contribution >= 4 is 0 Å². The van der Waals surface area contributed by atoms with Gasteiger partial charge in [-0.3, -0.25) is 0 Å². The minimum atomic E-state index is 0.707. The molecule has 0 amide bonds. The normalized spacial score (nSPS) is 22.6. The lowest BCUT2D eigenvalue weighted by molar-refractivity contribution is 0.169. The van der Waals surface area contributed by atoms with Crippen molar-refractivity contribution in [1.82, 2.24) is 10.2 Å². The summed E-state index contributed by atoms with van der Waals surface area (Å²) >= 11 is 0. The van der Waals surface area contributed by atoms with Gasteiger partial charge in [0.2, 0.25) is 0 Å². The Morgan fingerprint density at radius 1 is 1.40 bits per heavy atom. The summed E-state index contributed by atoms with van der Waals surface area (Å²) < 4.78 is 0. The molecule has 1 heterocycles. The number of rotatable bonds is 6. The van der Waals surface area contributed by atoms with Crippen molar-refractivity contribution < 1.29 is 0 Å². The second-order valence-corrected chi connectivity index (χ2v) is 5.15. The first kappa shape index (κ1) is 13.0. The number of nitrogens with zero attached hydrogens (tertiary/aromatic N) is 1. The zero-order chi connectivity index (χ0) is 11.1. The van der Waals surface area contributed by atoms with Gasteiger partial charge in [0, 0.05) is 12.6 Å². The third-order valence-electron chi connectivity index (χ3n) is 3.42. The molecule has 0 aromatic carbocycles. The Morgan fingerprint density at radius 3 is 2.73 bits per heavy atom. The molecule has 15 heavy (non-hydrogen) atoms. The first-order valence-corrected chi connectivity index (χ1v) is 6.68. The Hall–Kier alpha value is -0.0800. The highest BCUT2D eigenvalue weighted by Crippen LogP contribution is 2.14. The zero-order valence-corrected chi connectivity index (χ0v) is 10.8. The van der Waals surface area contributed by atoms with Crippen molar-refractivity contribution in [3.8, 4) is 0 Å². The summed E-state index contributed by atoms with van der Waals surface area (Å²) in [5.74, 6) is 0.887. The van der Waals surface area contributed by atoms with Gasteiger partial charge < -0.3 is 10.2 Å². The topological polar surface area (TPSA) is 15.3 Å². The van der Waals surface area contributed by atoms with Gasteiger partial charge in [0.05, 0.1) is 0 Å². The quantitative estimate of drug-likeness (QED) is 0.728. The molecule has 1 rings (SSSR count). The maximum Gasteiger partial charge on any atom is 0.00387 e. The van der Waals surface area contributed by atoms with Crippen LogP contribution in [0.2, 0.25) is 0 Å². The van der Waals surface area contributed by atoms with E-state index in [4.69, 9.17) is 0 Å². The van der Waals surface area contributed by atoms with Crippen LogP contribution in [0.3, 0.4) is 0 Å². The van der Waals surface area contributed by atoms with Crippen LogP contribution in [-0.4, -0.2) is 37.1 Å². The van der Waals surface area contributed by atoms with E-state index in [-0.39, 0.29) is 0 Å². The fourth-order valence-electron chi connectivity index (χ4n) is 2.33. The van der Waals surface area contributed by atoms with Crippen LogP contribution < -0.4 is 5.32 Å². The lowest BCUT2D eigenvalue weighted by atomic mass is 9.98. The van der Waals surface area contributed by atoms with Crippen LogP contribution in [0.1, 0.15) is 46.5 Å². The molecular weight excluding hydrogens is 184 g/mol. The summed E-state index contributed by atoms with van der Waals surface area (Å²) in [5.41, 5.74) is 0. The second kappa shape index (κ2) is 7.24. The number of hydrogen-bond acceptors (Lipinski definition) is 2. The maximum atomic E-state index is 3.51. The number of nitrogens with one attached hydrogen (secondary N) is 1. The van der Waals surface area contributed by atoms with Gasteiger partial charge in [0.15, 0.2) is 0 Å². The standard InChI is InChI=1S/C13H28N2/c1-4-5-9-15(12(2)3)11-13-7-6-8-14-10-13/h12-14H,4-11H2,1-3H3. The highest BCUT2D eigenvalue weighted by atomic mass is 15.1. The van der Waals surface area contributed by atoms with E-state index in [9.17, 15) is 0 Å². The molecule has 0 aliphatic carbocycles. The monoisotopic (exact) mass is 212 g/mol. The largest absolute Gasteiger partial charge is 0.316 e. The molecule has 2 nitrogen and oxygen atoms in total. The molecule has 1 aliphatic rings.